The first-order chi connectivity index (χ1) is 6.92. The quantitative estimate of drug-likeness (QED) is 0.856. The van der Waals surface area contributed by atoms with Crippen molar-refractivity contribution in [2.45, 2.75) is 24.9 Å². The number of aryl methyl sites for hydroxylation is 1. The number of halogens is 1. The molecule has 0 saturated heterocycles. The molecule has 0 aliphatic rings. The first-order valence-corrected chi connectivity index (χ1v) is 6.10. The molecule has 1 atom stereocenters. The Kier molecular flexibility index (Phi) is 3.82. The highest BCUT2D eigenvalue weighted by Gasteiger charge is 2.14. The van der Waals surface area contributed by atoms with Crippen LogP contribution >= 0.6 is 0 Å². The Morgan fingerprint density at radius 1 is 1.33 bits per heavy atom. The molecule has 0 bridgehead atoms. The first-order valence-electron chi connectivity index (χ1n) is 4.62. The third kappa shape index (κ3) is 3.60. The summed E-state index contributed by atoms with van der Waals surface area (Å²) in [6.07, 6.45) is -1.19. The molecule has 0 aliphatic heterocycles. The zero-order valence-corrected chi connectivity index (χ0v) is 9.51. The van der Waals surface area contributed by atoms with Gasteiger partial charge in [0.25, 0.3) is 0 Å². The molecule has 1 N–H and O–H groups in total. The Morgan fingerprint density at radius 2 is 1.87 bits per heavy atom. The van der Waals surface area contributed by atoms with Crippen molar-refractivity contribution in [1.29, 1.82) is 0 Å². The molecule has 1 rings (SSSR count). The maximum atomic E-state index is 12.5. The summed E-state index contributed by atoms with van der Waals surface area (Å²) in [6.45, 7) is 2.97. The first kappa shape index (κ1) is 12.1. The minimum atomic E-state index is -3.56. The van der Waals surface area contributed by atoms with Gasteiger partial charge in [-0.05, 0) is 26.0 Å². The second-order valence-corrected chi connectivity index (χ2v) is 5.21. The van der Waals surface area contributed by atoms with Crippen LogP contribution in [0, 0.1) is 6.92 Å². The van der Waals surface area contributed by atoms with Crippen molar-refractivity contribution in [3.05, 3.63) is 29.8 Å². The lowest BCUT2D eigenvalue weighted by Crippen LogP contribution is -2.29. The standard InChI is InChI=1S/C10H14FNO2S/c1-8-3-5-10(6-4-8)15(13,14)12-7-9(2)11/h3-6,9,12H,7H2,1-2H3. The third-order valence-corrected chi connectivity index (χ3v) is 3.33. The van der Waals surface area contributed by atoms with Gasteiger partial charge in [-0.15, -0.1) is 0 Å². The van der Waals surface area contributed by atoms with Crippen LogP contribution in [0.25, 0.3) is 0 Å². The Bertz CT molecular complexity index is 412. The summed E-state index contributed by atoms with van der Waals surface area (Å²) in [5.41, 5.74) is 0.979. The van der Waals surface area contributed by atoms with Crippen molar-refractivity contribution in [1.82, 2.24) is 4.72 Å². The van der Waals surface area contributed by atoms with Crippen LogP contribution in [0.2, 0.25) is 0 Å². The van der Waals surface area contributed by atoms with Crippen LogP contribution in [-0.4, -0.2) is 21.1 Å². The summed E-state index contributed by atoms with van der Waals surface area (Å²) in [7, 11) is -3.56. The number of hydrogen-bond acceptors (Lipinski definition) is 2. The molecule has 0 aromatic heterocycles. The maximum Gasteiger partial charge on any atom is 0.240 e. The molecule has 0 aliphatic carbocycles. The molecule has 5 heteroatoms. The summed E-state index contributed by atoms with van der Waals surface area (Å²) >= 11 is 0. The van der Waals surface area contributed by atoms with Gasteiger partial charge in [-0.1, -0.05) is 17.7 Å². The number of alkyl halides is 1. The highest BCUT2D eigenvalue weighted by molar-refractivity contribution is 7.89. The van der Waals surface area contributed by atoms with Gasteiger partial charge in [0.2, 0.25) is 10.0 Å². The lowest BCUT2D eigenvalue weighted by molar-refractivity contribution is 0.360. The molecule has 3 nitrogen and oxygen atoms in total. The van der Waals surface area contributed by atoms with E-state index in [2.05, 4.69) is 4.72 Å². The van der Waals surface area contributed by atoms with E-state index in [-0.39, 0.29) is 11.4 Å². The van der Waals surface area contributed by atoms with Crippen LogP contribution in [0.5, 0.6) is 0 Å². The maximum absolute atomic E-state index is 12.5. The van der Waals surface area contributed by atoms with E-state index in [1.807, 2.05) is 6.92 Å². The summed E-state index contributed by atoms with van der Waals surface area (Å²) in [5.74, 6) is 0. The fourth-order valence-corrected chi connectivity index (χ4v) is 2.14. The number of hydrogen-bond donors (Lipinski definition) is 1. The van der Waals surface area contributed by atoms with Gasteiger partial charge in [-0.2, -0.15) is 0 Å². The molecule has 0 fully saturated rings. The predicted molar refractivity (Wildman–Crippen MR) is 56.9 cm³/mol. The molecule has 0 radical (unpaired) electrons. The van der Waals surface area contributed by atoms with Crippen LogP contribution in [0.4, 0.5) is 4.39 Å². The van der Waals surface area contributed by atoms with E-state index in [1.54, 1.807) is 12.1 Å². The van der Waals surface area contributed by atoms with Gasteiger partial charge in [-0.3, -0.25) is 0 Å². The van der Waals surface area contributed by atoms with E-state index < -0.39 is 16.2 Å². The molecule has 0 saturated carbocycles. The second-order valence-electron chi connectivity index (χ2n) is 3.45. The molecular weight excluding hydrogens is 217 g/mol. The van der Waals surface area contributed by atoms with Crippen molar-refractivity contribution < 1.29 is 12.8 Å². The number of nitrogens with one attached hydrogen (secondary N) is 1. The normalized spacial score (nSPS) is 13.8. The highest BCUT2D eigenvalue weighted by Crippen LogP contribution is 2.09. The molecule has 84 valence electrons. The summed E-state index contributed by atoms with van der Waals surface area (Å²) < 4.78 is 37.8. The Morgan fingerprint density at radius 3 is 2.33 bits per heavy atom. The zero-order valence-electron chi connectivity index (χ0n) is 8.70. The van der Waals surface area contributed by atoms with Gasteiger partial charge in [0.15, 0.2) is 0 Å². The number of sulfonamides is 1. The van der Waals surface area contributed by atoms with E-state index in [9.17, 15) is 12.8 Å². The summed E-state index contributed by atoms with van der Waals surface area (Å²) in [4.78, 5) is 0.161. The van der Waals surface area contributed by atoms with E-state index in [0.29, 0.717) is 0 Å². The molecule has 0 spiro atoms. The van der Waals surface area contributed by atoms with Gasteiger partial charge in [0.1, 0.15) is 6.17 Å². The van der Waals surface area contributed by atoms with E-state index in [0.717, 1.165) is 5.56 Å². The fourth-order valence-electron chi connectivity index (χ4n) is 1.03. The van der Waals surface area contributed by atoms with E-state index in [1.165, 1.54) is 19.1 Å². The molecular formula is C10H14FNO2S. The van der Waals surface area contributed by atoms with Crippen LogP contribution < -0.4 is 4.72 Å². The molecule has 0 amide bonds. The monoisotopic (exact) mass is 231 g/mol. The lowest BCUT2D eigenvalue weighted by atomic mass is 10.2. The van der Waals surface area contributed by atoms with Gasteiger partial charge >= 0.3 is 0 Å². The third-order valence-electron chi connectivity index (χ3n) is 1.89. The van der Waals surface area contributed by atoms with Crippen LogP contribution in [0.1, 0.15) is 12.5 Å². The number of rotatable bonds is 4. The van der Waals surface area contributed by atoms with Gasteiger partial charge in [-0.25, -0.2) is 17.5 Å². The largest absolute Gasteiger partial charge is 0.246 e. The molecule has 1 unspecified atom stereocenters. The van der Waals surface area contributed by atoms with Crippen molar-refractivity contribution in [3.63, 3.8) is 0 Å². The average Bonchev–Trinajstić information content (AvgIpc) is 2.16. The summed E-state index contributed by atoms with van der Waals surface area (Å²) in [5, 5.41) is 0. The van der Waals surface area contributed by atoms with Gasteiger partial charge < -0.3 is 0 Å². The predicted octanol–water partition coefficient (Wildman–Crippen LogP) is 1.63. The van der Waals surface area contributed by atoms with Crippen molar-refractivity contribution >= 4 is 10.0 Å². The summed E-state index contributed by atoms with van der Waals surface area (Å²) in [6, 6.07) is 6.40. The molecule has 0 heterocycles. The van der Waals surface area contributed by atoms with Crippen LogP contribution in [0.3, 0.4) is 0 Å². The van der Waals surface area contributed by atoms with Crippen molar-refractivity contribution in [2.75, 3.05) is 6.54 Å². The minimum Gasteiger partial charge on any atom is -0.246 e. The fraction of sp³-hybridized carbons (Fsp3) is 0.400. The van der Waals surface area contributed by atoms with Gasteiger partial charge in [0.05, 0.1) is 4.90 Å². The van der Waals surface area contributed by atoms with Crippen LogP contribution in [-0.2, 0) is 10.0 Å². The Balaban J connectivity index is 2.82. The second kappa shape index (κ2) is 4.72. The smallest absolute Gasteiger partial charge is 0.240 e. The zero-order chi connectivity index (χ0) is 11.5. The van der Waals surface area contributed by atoms with E-state index >= 15 is 0 Å². The van der Waals surface area contributed by atoms with Crippen molar-refractivity contribution in [2.24, 2.45) is 0 Å². The Hall–Kier alpha value is -0.940. The average molecular weight is 231 g/mol. The highest BCUT2D eigenvalue weighted by atomic mass is 32.2. The van der Waals surface area contributed by atoms with E-state index in [4.69, 9.17) is 0 Å². The van der Waals surface area contributed by atoms with Gasteiger partial charge in [0, 0.05) is 6.54 Å². The molecule has 1 aromatic rings. The topological polar surface area (TPSA) is 46.2 Å². The SMILES string of the molecule is Cc1ccc(S(=O)(=O)NCC(C)F)cc1. The number of benzene rings is 1. The molecule has 1 aromatic carbocycles. The van der Waals surface area contributed by atoms with Crippen LogP contribution in [0.15, 0.2) is 29.2 Å². The minimum absolute atomic E-state index is 0.161. The lowest BCUT2D eigenvalue weighted by Gasteiger charge is -2.07. The molecule has 15 heavy (non-hydrogen) atoms. The Labute approximate surface area is 89.4 Å². The van der Waals surface area contributed by atoms with Crippen molar-refractivity contribution in [3.8, 4) is 0 Å².